The van der Waals surface area contributed by atoms with Gasteiger partial charge in [-0.1, -0.05) is 0 Å². The zero-order valence-corrected chi connectivity index (χ0v) is 10.0. The smallest absolute Gasteiger partial charge is 0.154 e. The van der Waals surface area contributed by atoms with Gasteiger partial charge in [-0.15, -0.1) is 0 Å². The number of fused-ring (bicyclic) bond motifs is 1. The minimum Gasteiger partial charge on any atom is -0.486 e. The molecule has 0 aromatic carbocycles. The molecular formula is C13H16O3. The van der Waals surface area contributed by atoms with Crippen LogP contribution in [0.25, 0.3) is 0 Å². The van der Waals surface area contributed by atoms with Crippen molar-refractivity contribution in [1.82, 2.24) is 0 Å². The quantitative estimate of drug-likeness (QED) is 0.669. The van der Waals surface area contributed by atoms with E-state index >= 15 is 0 Å². The van der Waals surface area contributed by atoms with Crippen LogP contribution in [0.5, 0.6) is 0 Å². The molecule has 2 aliphatic rings. The molecule has 2 rings (SSSR count). The number of carbonyl (C=O) groups is 2. The lowest BCUT2D eigenvalue weighted by atomic mass is 9.51. The normalized spacial score (nSPS) is 35.4. The van der Waals surface area contributed by atoms with E-state index in [9.17, 15) is 9.59 Å². The van der Waals surface area contributed by atoms with Gasteiger partial charge in [0.05, 0.1) is 17.1 Å². The lowest BCUT2D eigenvalue weighted by Gasteiger charge is -2.53. The van der Waals surface area contributed by atoms with Gasteiger partial charge >= 0.3 is 0 Å². The highest BCUT2D eigenvalue weighted by atomic mass is 16.5. The van der Waals surface area contributed by atoms with Gasteiger partial charge in [0.2, 0.25) is 0 Å². The minimum absolute atomic E-state index is 0.0311. The van der Waals surface area contributed by atoms with E-state index in [1.165, 1.54) is 13.0 Å². The Balaban J connectivity index is 2.39. The highest BCUT2D eigenvalue weighted by Gasteiger charge is 2.69. The summed E-state index contributed by atoms with van der Waals surface area (Å²) >= 11 is 0. The maximum atomic E-state index is 11.9. The molecule has 0 saturated heterocycles. The summed E-state index contributed by atoms with van der Waals surface area (Å²) in [6, 6.07) is 0. The molecule has 0 spiro atoms. The van der Waals surface area contributed by atoms with E-state index < -0.39 is 11.0 Å². The van der Waals surface area contributed by atoms with E-state index in [0.29, 0.717) is 0 Å². The largest absolute Gasteiger partial charge is 0.486 e. The topological polar surface area (TPSA) is 43.4 Å². The zero-order chi connectivity index (χ0) is 12.1. The van der Waals surface area contributed by atoms with Crippen LogP contribution in [-0.2, 0) is 14.3 Å². The maximum Gasteiger partial charge on any atom is 0.154 e. The molecule has 3 heteroatoms. The number of hydrogen-bond donors (Lipinski definition) is 0. The van der Waals surface area contributed by atoms with Gasteiger partial charge in [0.1, 0.15) is 0 Å². The van der Waals surface area contributed by atoms with Crippen LogP contribution in [0.1, 0.15) is 27.7 Å². The Morgan fingerprint density at radius 3 is 2.69 bits per heavy atom. The summed E-state index contributed by atoms with van der Waals surface area (Å²) in [5, 5.41) is 0. The first-order chi connectivity index (χ1) is 7.31. The summed E-state index contributed by atoms with van der Waals surface area (Å²) in [5.74, 6) is 0.684. The molecule has 1 saturated carbocycles. The van der Waals surface area contributed by atoms with E-state index in [2.05, 4.69) is 0 Å². The summed E-state index contributed by atoms with van der Waals surface area (Å²) in [6.45, 7) is 7.06. The maximum absolute atomic E-state index is 11.9. The summed E-state index contributed by atoms with van der Waals surface area (Å²) < 4.78 is 5.79. The summed E-state index contributed by atoms with van der Waals surface area (Å²) in [7, 11) is 0. The van der Waals surface area contributed by atoms with Crippen LogP contribution >= 0.6 is 0 Å². The monoisotopic (exact) mass is 220 g/mol. The van der Waals surface area contributed by atoms with Crippen molar-refractivity contribution < 1.29 is 14.3 Å². The molecule has 0 amide bonds. The van der Waals surface area contributed by atoms with Crippen molar-refractivity contribution in [2.45, 2.75) is 33.3 Å². The van der Waals surface area contributed by atoms with Crippen molar-refractivity contribution in [3.05, 3.63) is 24.0 Å². The first kappa shape index (κ1) is 11.1. The Morgan fingerprint density at radius 1 is 1.50 bits per heavy atom. The van der Waals surface area contributed by atoms with Gasteiger partial charge in [0.25, 0.3) is 0 Å². The molecule has 0 radical (unpaired) electrons. The van der Waals surface area contributed by atoms with Crippen molar-refractivity contribution in [3.63, 3.8) is 0 Å². The SMILES string of the molecule is CC(=O)/C=C/C12OC(C)=CC1C(=O)C2(C)C. The molecule has 2 unspecified atom stereocenters. The summed E-state index contributed by atoms with van der Waals surface area (Å²) in [6.07, 6.45) is 5.08. The second-order valence-electron chi connectivity index (χ2n) is 5.08. The Hall–Kier alpha value is -1.38. The average Bonchev–Trinajstić information content (AvgIpc) is 2.51. The molecule has 1 fully saturated rings. The third-order valence-corrected chi connectivity index (χ3v) is 3.63. The van der Waals surface area contributed by atoms with Crippen molar-refractivity contribution in [3.8, 4) is 0 Å². The second-order valence-corrected chi connectivity index (χ2v) is 5.08. The Morgan fingerprint density at radius 2 is 2.12 bits per heavy atom. The lowest BCUT2D eigenvalue weighted by molar-refractivity contribution is -0.174. The highest BCUT2D eigenvalue weighted by Crippen LogP contribution is 2.58. The Kier molecular flexibility index (Phi) is 2.13. The first-order valence-corrected chi connectivity index (χ1v) is 5.43. The van der Waals surface area contributed by atoms with Gasteiger partial charge in [-0.3, -0.25) is 9.59 Å². The molecule has 2 atom stereocenters. The third-order valence-electron chi connectivity index (χ3n) is 3.63. The van der Waals surface area contributed by atoms with Crippen molar-refractivity contribution in [2.24, 2.45) is 11.3 Å². The predicted octanol–water partition coefficient (Wildman–Crippen LogP) is 2.03. The number of ketones is 2. The molecule has 1 aliphatic carbocycles. The summed E-state index contributed by atoms with van der Waals surface area (Å²) in [5.41, 5.74) is -1.20. The Labute approximate surface area is 95.2 Å². The minimum atomic E-state index is -0.639. The number of rotatable bonds is 2. The van der Waals surface area contributed by atoms with Crippen LogP contribution in [0.2, 0.25) is 0 Å². The van der Waals surface area contributed by atoms with Crippen LogP contribution in [0, 0.1) is 11.3 Å². The van der Waals surface area contributed by atoms with E-state index in [0.717, 1.165) is 5.76 Å². The molecule has 1 aliphatic heterocycles. The number of ether oxygens (including phenoxy) is 1. The number of allylic oxidation sites excluding steroid dienone is 2. The van der Waals surface area contributed by atoms with Gasteiger partial charge in [-0.25, -0.2) is 0 Å². The fraction of sp³-hybridized carbons (Fsp3) is 0.538. The molecular weight excluding hydrogens is 204 g/mol. The van der Waals surface area contributed by atoms with Crippen LogP contribution in [0.15, 0.2) is 24.0 Å². The van der Waals surface area contributed by atoms with Crippen LogP contribution in [0.3, 0.4) is 0 Å². The number of Topliss-reactive ketones (excluding diaryl/α,β-unsaturated/α-hetero) is 1. The molecule has 86 valence electrons. The van der Waals surface area contributed by atoms with Crippen molar-refractivity contribution in [2.75, 3.05) is 0 Å². The highest BCUT2D eigenvalue weighted by molar-refractivity contribution is 6.00. The first-order valence-electron chi connectivity index (χ1n) is 5.43. The van der Waals surface area contributed by atoms with E-state index in [-0.39, 0.29) is 17.5 Å². The van der Waals surface area contributed by atoms with Crippen molar-refractivity contribution >= 4 is 11.6 Å². The van der Waals surface area contributed by atoms with Gasteiger partial charge in [0.15, 0.2) is 17.2 Å². The summed E-state index contributed by atoms with van der Waals surface area (Å²) in [4.78, 5) is 22.9. The third kappa shape index (κ3) is 1.14. The number of hydrogen-bond acceptors (Lipinski definition) is 3. The fourth-order valence-corrected chi connectivity index (χ4v) is 2.60. The molecule has 0 aromatic heterocycles. The van der Waals surface area contributed by atoms with Crippen LogP contribution < -0.4 is 0 Å². The van der Waals surface area contributed by atoms with Crippen molar-refractivity contribution in [1.29, 1.82) is 0 Å². The van der Waals surface area contributed by atoms with Crippen LogP contribution in [-0.4, -0.2) is 17.2 Å². The van der Waals surface area contributed by atoms with Gasteiger partial charge in [-0.2, -0.15) is 0 Å². The molecule has 0 N–H and O–H groups in total. The number of carbonyl (C=O) groups excluding carboxylic acids is 2. The molecule has 16 heavy (non-hydrogen) atoms. The van der Waals surface area contributed by atoms with E-state index in [1.807, 2.05) is 26.8 Å². The van der Waals surface area contributed by atoms with Crippen LogP contribution in [0.4, 0.5) is 0 Å². The van der Waals surface area contributed by atoms with Gasteiger partial charge < -0.3 is 4.74 Å². The fourth-order valence-electron chi connectivity index (χ4n) is 2.60. The molecule has 0 bridgehead atoms. The average molecular weight is 220 g/mol. The van der Waals surface area contributed by atoms with E-state index in [1.54, 1.807) is 6.08 Å². The predicted molar refractivity (Wildman–Crippen MR) is 59.7 cm³/mol. The van der Waals surface area contributed by atoms with E-state index in [4.69, 9.17) is 4.74 Å². The Bertz CT molecular complexity index is 428. The zero-order valence-electron chi connectivity index (χ0n) is 10.0. The lowest BCUT2D eigenvalue weighted by Crippen LogP contribution is -2.66. The van der Waals surface area contributed by atoms with Gasteiger partial charge in [0, 0.05) is 0 Å². The van der Waals surface area contributed by atoms with Gasteiger partial charge in [-0.05, 0) is 45.9 Å². The molecule has 1 heterocycles. The molecule has 3 nitrogen and oxygen atoms in total. The standard InChI is InChI=1S/C13H16O3/c1-8(14)5-6-13-10(7-9(2)16-13)11(15)12(13,3)4/h5-7,10H,1-4H3/b6-5+. The molecule has 0 aromatic rings. The second kappa shape index (κ2) is 3.06.